The third-order valence-corrected chi connectivity index (χ3v) is 4.82. The van der Waals surface area contributed by atoms with Gasteiger partial charge in [0.15, 0.2) is 0 Å². The number of nitrogens with zero attached hydrogens (tertiary/aromatic N) is 4. The van der Waals surface area contributed by atoms with Gasteiger partial charge in [0.05, 0.1) is 6.54 Å². The molecule has 2 aromatic heterocycles. The van der Waals surface area contributed by atoms with Crippen molar-refractivity contribution in [2.45, 2.75) is 57.0 Å². The number of hydrogen-bond acceptors (Lipinski definition) is 5. The van der Waals surface area contributed by atoms with Crippen molar-refractivity contribution < 1.29 is 0 Å². The van der Waals surface area contributed by atoms with E-state index in [-0.39, 0.29) is 0 Å². The minimum Gasteiger partial charge on any atom is -0.352 e. The molecule has 0 saturated heterocycles. The van der Waals surface area contributed by atoms with Crippen LogP contribution in [-0.2, 0) is 6.54 Å². The third kappa shape index (κ3) is 3.08. The van der Waals surface area contributed by atoms with Crippen molar-refractivity contribution in [3.05, 3.63) is 35.3 Å². The van der Waals surface area contributed by atoms with E-state index in [1.54, 1.807) is 0 Å². The maximum Gasteiger partial charge on any atom is 0.134 e. The van der Waals surface area contributed by atoms with Gasteiger partial charge in [-0.2, -0.15) is 0 Å². The molecule has 0 bridgehead atoms. The Kier molecular flexibility index (Phi) is 3.56. The van der Waals surface area contributed by atoms with Gasteiger partial charge in [-0.25, -0.2) is 15.0 Å². The first kappa shape index (κ1) is 14.6. The Balaban J connectivity index is 1.58. The first-order valence-electron chi connectivity index (χ1n) is 8.44. The van der Waals surface area contributed by atoms with Crippen LogP contribution in [0.5, 0.6) is 0 Å². The maximum absolute atomic E-state index is 5.95. The minimum absolute atomic E-state index is 0.339. The van der Waals surface area contributed by atoms with Crippen LogP contribution < -0.4 is 10.6 Å². The van der Waals surface area contributed by atoms with Gasteiger partial charge in [-0.15, -0.1) is 0 Å². The highest BCUT2D eigenvalue weighted by molar-refractivity contribution is 5.41. The van der Waals surface area contributed by atoms with E-state index >= 15 is 0 Å². The molecule has 6 heteroatoms. The van der Waals surface area contributed by atoms with Gasteiger partial charge in [-0.1, -0.05) is 0 Å². The highest BCUT2D eigenvalue weighted by atomic mass is 15.2. The highest BCUT2D eigenvalue weighted by Crippen LogP contribution is 2.41. The molecule has 4 rings (SSSR count). The van der Waals surface area contributed by atoms with Gasteiger partial charge in [-0.05, 0) is 32.6 Å². The van der Waals surface area contributed by atoms with Crippen molar-refractivity contribution >= 4 is 5.82 Å². The standard InChI is InChI=1S/C17H24N6/c1-10-8-19-15(20-10)9-23(2)16-7-14(12-5-13(18)6-12)21-17(22-16)11-3-4-11/h7-8,11-13H,3-6,9,18H2,1-2H3,(H,19,20). The first-order chi connectivity index (χ1) is 11.1. The summed E-state index contributed by atoms with van der Waals surface area (Å²) in [5.41, 5.74) is 8.20. The number of aryl methyl sites for hydroxylation is 1. The number of imidazole rings is 1. The second kappa shape index (κ2) is 5.60. The summed E-state index contributed by atoms with van der Waals surface area (Å²) < 4.78 is 0. The first-order valence-corrected chi connectivity index (χ1v) is 8.44. The Morgan fingerprint density at radius 1 is 1.26 bits per heavy atom. The molecule has 2 aliphatic rings. The molecule has 2 aromatic rings. The lowest BCUT2D eigenvalue weighted by Gasteiger charge is -2.32. The van der Waals surface area contributed by atoms with Crippen molar-refractivity contribution in [2.24, 2.45) is 5.73 Å². The average Bonchev–Trinajstić information content (AvgIpc) is 3.27. The largest absolute Gasteiger partial charge is 0.352 e. The summed E-state index contributed by atoms with van der Waals surface area (Å²) in [6, 6.07) is 2.48. The summed E-state index contributed by atoms with van der Waals surface area (Å²) in [4.78, 5) is 19.4. The van der Waals surface area contributed by atoms with Gasteiger partial charge in [-0.3, -0.25) is 0 Å². The SMILES string of the molecule is Cc1cnc(CN(C)c2cc(C3CC(N)C3)nc(C3CC3)n2)[nH]1. The zero-order valence-corrected chi connectivity index (χ0v) is 13.8. The lowest BCUT2D eigenvalue weighted by Crippen LogP contribution is -2.35. The van der Waals surface area contributed by atoms with E-state index in [9.17, 15) is 0 Å². The van der Waals surface area contributed by atoms with Crippen LogP contribution in [0, 0.1) is 6.92 Å². The van der Waals surface area contributed by atoms with Gasteiger partial charge in [0, 0.05) is 48.6 Å². The fourth-order valence-electron chi connectivity index (χ4n) is 3.16. The van der Waals surface area contributed by atoms with E-state index in [0.29, 0.717) is 17.9 Å². The van der Waals surface area contributed by atoms with Crippen molar-refractivity contribution in [3.8, 4) is 0 Å². The van der Waals surface area contributed by atoms with Gasteiger partial charge in [0.2, 0.25) is 0 Å². The molecular formula is C17H24N6. The van der Waals surface area contributed by atoms with Crippen molar-refractivity contribution in [1.82, 2.24) is 19.9 Å². The maximum atomic E-state index is 5.95. The van der Waals surface area contributed by atoms with Gasteiger partial charge in [0.1, 0.15) is 17.5 Å². The molecule has 0 spiro atoms. The van der Waals surface area contributed by atoms with Crippen molar-refractivity contribution in [2.75, 3.05) is 11.9 Å². The molecule has 2 fully saturated rings. The van der Waals surface area contributed by atoms with E-state index in [4.69, 9.17) is 15.7 Å². The molecule has 0 aromatic carbocycles. The summed E-state index contributed by atoms with van der Waals surface area (Å²) in [5.74, 6) is 4.03. The summed E-state index contributed by atoms with van der Waals surface area (Å²) in [6.07, 6.45) is 6.38. The number of anilines is 1. The van der Waals surface area contributed by atoms with E-state index in [1.165, 1.54) is 18.5 Å². The van der Waals surface area contributed by atoms with Gasteiger partial charge < -0.3 is 15.6 Å². The number of hydrogen-bond donors (Lipinski definition) is 2. The van der Waals surface area contributed by atoms with Crippen LogP contribution in [0.25, 0.3) is 0 Å². The molecule has 0 radical (unpaired) electrons. The molecule has 2 saturated carbocycles. The summed E-state index contributed by atoms with van der Waals surface area (Å²) in [7, 11) is 2.06. The third-order valence-electron chi connectivity index (χ3n) is 4.82. The number of H-pyrrole nitrogens is 1. The molecule has 2 heterocycles. The Morgan fingerprint density at radius 2 is 2.04 bits per heavy atom. The summed E-state index contributed by atoms with van der Waals surface area (Å²) in [5, 5.41) is 0. The average molecular weight is 312 g/mol. The predicted molar refractivity (Wildman–Crippen MR) is 89.4 cm³/mol. The predicted octanol–water partition coefficient (Wildman–Crippen LogP) is 2.23. The second-order valence-corrected chi connectivity index (χ2v) is 7.08. The molecule has 2 aliphatic carbocycles. The molecule has 23 heavy (non-hydrogen) atoms. The van der Waals surface area contributed by atoms with Crippen molar-refractivity contribution in [3.63, 3.8) is 0 Å². The molecule has 0 aliphatic heterocycles. The monoisotopic (exact) mass is 312 g/mol. The molecule has 6 nitrogen and oxygen atoms in total. The number of rotatable bonds is 5. The molecule has 122 valence electrons. The normalized spacial score (nSPS) is 23.6. The van der Waals surface area contributed by atoms with Crippen LogP contribution in [0.2, 0.25) is 0 Å². The summed E-state index contributed by atoms with van der Waals surface area (Å²) >= 11 is 0. The van der Waals surface area contributed by atoms with Crippen LogP contribution in [0.1, 0.15) is 60.6 Å². The number of nitrogens with one attached hydrogen (secondary N) is 1. The number of nitrogens with two attached hydrogens (primary N) is 1. The molecule has 0 atom stereocenters. The lowest BCUT2D eigenvalue weighted by molar-refractivity contribution is 0.344. The molecular weight excluding hydrogens is 288 g/mol. The Labute approximate surface area is 136 Å². The number of aromatic amines is 1. The molecule has 0 amide bonds. The molecule has 3 N–H and O–H groups in total. The second-order valence-electron chi connectivity index (χ2n) is 7.08. The smallest absolute Gasteiger partial charge is 0.134 e. The minimum atomic E-state index is 0.339. The Morgan fingerprint density at radius 3 is 2.65 bits per heavy atom. The van der Waals surface area contributed by atoms with Crippen LogP contribution >= 0.6 is 0 Å². The van der Waals surface area contributed by atoms with Crippen LogP contribution in [-0.4, -0.2) is 33.0 Å². The van der Waals surface area contributed by atoms with Crippen LogP contribution in [0.15, 0.2) is 12.3 Å². The zero-order chi connectivity index (χ0) is 16.0. The molecule has 0 unspecified atom stereocenters. The fourth-order valence-corrected chi connectivity index (χ4v) is 3.16. The van der Waals surface area contributed by atoms with E-state index in [2.05, 4.69) is 28.0 Å². The lowest BCUT2D eigenvalue weighted by atomic mass is 9.78. The number of aromatic nitrogens is 4. The van der Waals surface area contributed by atoms with Gasteiger partial charge in [0.25, 0.3) is 0 Å². The topological polar surface area (TPSA) is 83.7 Å². The van der Waals surface area contributed by atoms with Crippen molar-refractivity contribution in [1.29, 1.82) is 0 Å². The zero-order valence-electron chi connectivity index (χ0n) is 13.8. The highest BCUT2D eigenvalue weighted by Gasteiger charge is 2.32. The van der Waals surface area contributed by atoms with Crippen LogP contribution in [0.3, 0.4) is 0 Å². The Bertz CT molecular complexity index is 699. The quantitative estimate of drug-likeness (QED) is 0.884. The van der Waals surface area contributed by atoms with E-state index < -0.39 is 0 Å². The Hall–Kier alpha value is -1.95. The summed E-state index contributed by atoms with van der Waals surface area (Å²) in [6.45, 7) is 2.74. The van der Waals surface area contributed by atoms with E-state index in [1.807, 2.05) is 13.1 Å². The fraction of sp³-hybridized carbons (Fsp3) is 0.588. The van der Waals surface area contributed by atoms with Gasteiger partial charge >= 0.3 is 0 Å². The van der Waals surface area contributed by atoms with Crippen LogP contribution in [0.4, 0.5) is 5.82 Å². The van der Waals surface area contributed by atoms with E-state index in [0.717, 1.165) is 42.5 Å².